The monoisotopic (exact) mass is 320 g/mol. The van der Waals surface area contributed by atoms with E-state index in [1.54, 1.807) is 0 Å². The van der Waals surface area contributed by atoms with Gasteiger partial charge in [0, 0.05) is 19.6 Å². The molecule has 1 aliphatic carbocycles. The van der Waals surface area contributed by atoms with Gasteiger partial charge in [-0.05, 0) is 38.0 Å². The summed E-state index contributed by atoms with van der Waals surface area (Å²) in [6.07, 6.45) is 10.5. The van der Waals surface area contributed by atoms with E-state index in [0.29, 0.717) is 6.04 Å². The van der Waals surface area contributed by atoms with E-state index in [0.717, 1.165) is 50.6 Å². The summed E-state index contributed by atoms with van der Waals surface area (Å²) < 4.78 is 0. The van der Waals surface area contributed by atoms with E-state index in [2.05, 4.69) is 19.8 Å². The molecule has 6 heteroatoms. The maximum Gasteiger partial charge on any atom is 0.191 e. The Morgan fingerprint density at radius 2 is 1.83 bits per heavy atom. The van der Waals surface area contributed by atoms with E-state index in [1.165, 1.54) is 51.4 Å². The lowest BCUT2D eigenvalue weighted by atomic mass is 9.88. The van der Waals surface area contributed by atoms with Gasteiger partial charge in [0.05, 0.1) is 19.1 Å². The van der Waals surface area contributed by atoms with E-state index in [-0.39, 0.29) is 0 Å². The molecule has 0 amide bonds. The summed E-state index contributed by atoms with van der Waals surface area (Å²) >= 11 is 0. The lowest BCUT2D eigenvalue weighted by molar-refractivity contribution is 0.233. The highest BCUT2D eigenvalue weighted by molar-refractivity contribution is 5.80. The molecule has 0 aromatic heterocycles. The van der Waals surface area contributed by atoms with Gasteiger partial charge in [-0.3, -0.25) is 9.98 Å². The topological polar surface area (TPSA) is 83.2 Å². The van der Waals surface area contributed by atoms with Gasteiger partial charge in [-0.25, -0.2) is 0 Å². The summed E-state index contributed by atoms with van der Waals surface area (Å²) in [7, 11) is 0. The van der Waals surface area contributed by atoms with Crippen LogP contribution in [0.25, 0.3) is 0 Å². The van der Waals surface area contributed by atoms with Crippen molar-refractivity contribution >= 4 is 11.9 Å². The SMILES string of the molecule is NC1=NCCN1CCCC[C@H]1CN=C(N)N1CC1CCCCC1. The van der Waals surface area contributed by atoms with Crippen LogP contribution in [-0.2, 0) is 0 Å². The molecule has 4 N–H and O–H groups in total. The van der Waals surface area contributed by atoms with Crippen molar-refractivity contribution in [1.82, 2.24) is 9.80 Å². The molecular weight excluding hydrogens is 288 g/mol. The minimum absolute atomic E-state index is 0.515. The zero-order valence-electron chi connectivity index (χ0n) is 14.3. The number of rotatable bonds is 7. The van der Waals surface area contributed by atoms with Crippen molar-refractivity contribution in [3.8, 4) is 0 Å². The fourth-order valence-corrected chi connectivity index (χ4v) is 4.12. The lowest BCUT2D eigenvalue weighted by Crippen LogP contribution is -2.44. The summed E-state index contributed by atoms with van der Waals surface area (Å²) in [6, 6.07) is 0.515. The third kappa shape index (κ3) is 4.30. The van der Waals surface area contributed by atoms with Crippen molar-refractivity contribution in [2.45, 2.75) is 57.4 Å². The molecule has 23 heavy (non-hydrogen) atoms. The second-order valence-electron chi connectivity index (χ2n) is 7.23. The number of unbranched alkanes of at least 4 members (excludes halogenated alkanes) is 1. The van der Waals surface area contributed by atoms with Crippen molar-refractivity contribution in [3.63, 3.8) is 0 Å². The van der Waals surface area contributed by atoms with Crippen LogP contribution in [0.3, 0.4) is 0 Å². The van der Waals surface area contributed by atoms with E-state index >= 15 is 0 Å². The van der Waals surface area contributed by atoms with Gasteiger partial charge in [-0.15, -0.1) is 0 Å². The molecule has 2 heterocycles. The van der Waals surface area contributed by atoms with Crippen LogP contribution in [-0.4, -0.2) is 60.5 Å². The van der Waals surface area contributed by atoms with Crippen molar-refractivity contribution in [2.24, 2.45) is 27.4 Å². The molecule has 1 fully saturated rings. The van der Waals surface area contributed by atoms with Crippen LogP contribution in [0.4, 0.5) is 0 Å². The van der Waals surface area contributed by atoms with Gasteiger partial charge < -0.3 is 21.3 Å². The van der Waals surface area contributed by atoms with Crippen molar-refractivity contribution in [1.29, 1.82) is 0 Å². The highest BCUT2D eigenvalue weighted by Crippen LogP contribution is 2.26. The number of nitrogens with two attached hydrogens (primary N) is 2. The summed E-state index contributed by atoms with van der Waals surface area (Å²) in [5, 5.41) is 0. The fourth-order valence-electron chi connectivity index (χ4n) is 4.12. The predicted octanol–water partition coefficient (Wildman–Crippen LogP) is 1.37. The van der Waals surface area contributed by atoms with Crippen LogP contribution in [0.5, 0.6) is 0 Å². The lowest BCUT2D eigenvalue weighted by Gasteiger charge is -2.32. The summed E-state index contributed by atoms with van der Waals surface area (Å²) in [5.74, 6) is 2.31. The van der Waals surface area contributed by atoms with E-state index < -0.39 is 0 Å². The third-order valence-electron chi connectivity index (χ3n) is 5.56. The molecule has 0 aromatic rings. The fraction of sp³-hybridized carbons (Fsp3) is 0.882. The highest BCUT2D eigenvalue weighted by atomic mass is 15.3. The van der Waals surface area contributed by atoms with Gasteiger partial charge in [0.25, 0.3) is 0 Å². The standard InChI is InChI=1S/C17H32N6/c18-16-20-9-11-22(16)10-5-4-8-15-12-21-17(19)23(15)13-14-6-2-1-3-7-14/h14-15H,1-13H2,(H2,18,20)(H2,19,21)/t15-/m0/s1. The molecule has 0 saturated heterocycles. The maximum atomic E-state index is 6.14. The van der Waals surface area contributed by atoms with Gasteiger partial charge in [0.2, 0.25) is 0 Å². The molecule has 0 unspecified atom stereocenters. The molecule has 3 rings (SSSR count). The van der Waals surface area contributed by atoms with E-state index in [4.69, 9.17) is 11.5 Å². The largest absolute Gasteiger partial charge is 0.370 e. The van der Waals surface area contributed by atoms with Gasteiger partial charge in [0.15, 0.2) is 11.9 Å². The number of guanidine groups is 2. The van der Waals surface area contributed by atoms with Crippen LogP contribution >= 0.6 is 0 Å². The van der Waals surface area contributed by atoms with Crippen LogP contribution in [0, 0.1) is 5.92 Å². The Morgan fingerprint density at radius 3 is 2.57 bits per heavy atom. The minimum Gasteiger partial charge on any atom is -0.370 e. The van der Waals surface area contributed by atoms with E-state index in [9.17, 15) is 0 Å². The molecule has 0 aromatic carbocycles. The first-order valence-electron chi connectivity index (χ1n) is 9.35. The van der Waals surface area contributed by atoms with Crippen LogP contribution in [0.2, 0.25) is 0 Å². The summed E-state index contributed by atoms with van der Waals surface area (Å²) in [6.45, 7) is 4.87. The molecule has 1 atom stereocenters. The number of hydrogen-bond acceptors (Lipinski definition) is 6. The Hall–Kier alpha value is -1.46. The molecular formula is C17H32N6. The maximum absolute atomic E-state index is 6.14. The zero-order chi connectivity index (χ0) is 16.1. The van der Waals surface area contributed by atoms with Crippen molar-refractivity contribution < 1.29 is 0 Å². The van der Waals surface area contributed by atoms with Crippen molar-refractivity contribution in [2.75, 3.05) is 32.7 Å². The Morgan fingerprint density at radius 1 is 1.00 bits per heavy atom. The molecule has 0 bridgehead atoms. The first-order valence-corrected chi connectivity index (χ1v) is 9.35. The summed E-state index contributed by atoms with van der Waals surface area (Å²) in [5.41, 5.74) is 12.0. The molecule has 0 radical (unpaired) electrons. The summed E-state index contributed by atoms with van der Waals surface area (Å²) in [4.78, 5) is 13.3. The third-order valence-corrected chi connectivity index (χ3v) is 5.56. The smallest absolute Gasteiger partial charge is 0.191 e. The number of hydrogen-bond donors (Lipinski definition) is 2. The second kappa shape index (κ2) is 7.88. The van der Waals surface area contributed by atoms with Crippen molar-refractivity contribution in [3.05, 3.63) is 0 Å². The molecule has 0 spiro atoms. The Balaban J connectivity index is 1.39. The van der Waals surface area contributed by atoms with Crippen LogP contribution < -0.4 is 11.5 Å². The Bertz CT molecular complexity index is 440. The highest BCUT2D eigenvalue weighted by Gasteiger charge is 2.28. The number of nitrogens with zero attached hydrogens (tertiary/aromatic N) is 4. The Labute approximate surface area is 140 Å². The van der Waals surface area contributed by atoms with Gasteiger partial charge in [-0.2, -0.15) is 0 Å². The normalized spacial score (nSPS) is 25.8. The van der Waals surface area contributed by atoms with Crippen LogP contribution in [0.15, 0.2) is 9.98 Å². The Kier molecular flexibility index (Phi) is 5.62. The first kappa shape index (κ1) is 16.4. The van der Waals surface area contributed by atoms with Gasteiger partial charge >= 0.3 is 0 Å². The molecule has 130 valence electrons. The first-order chi connectivity index (χ1) is 11.2. The molecule has 1 saturated carbocycles. The minimum atomic E-state index is 0.515. The molecule has 3 aliphatic rings. The predicted molar refractivity (Wildman–Crippen MR) is 95.5 cm³/mol. The van der Waals surface area contributed by atoms with Gasteiger partial charge in [-0.1, -0.05) is 19.3 Å². The number of aliphatic imine (C=N–C) groups is 2. The van der Waals surface area contributed by atoms with E-state index in [1.807, 2.05) is 0 Å². The molecule has 6 nitrogen and oxygen atoms in total. The van der Waals surface area contributed by atoms with Gasteiger partial charge in [0.1, 0.15) is 0 Å². The van der Waals surface area contributed by atoms with Crippen LogP contribution in [0.1, 0.15) is 51.4 Å². The average molecular weight is 320 g/mol. The molecule has 2 aliphatic heterocycles. The average Bonchev–Trinajstić information content (AvgIpc) is 3.12. The second-order valence-corrected chi connectivity index (χ2v) is 7.23. The zero-order valence-corrected chi connectivity index (χ0v) is 14.3. The quantitative estimate of drug-likeness (QED) is 0.694.